The van der Waals surface area contributed by atoms with Gasteiger partial charge in [0.15, 0.2) is 5.88 Å². The molecular formula is C23H26F3N5O3. The molecule has 8 nitrogen and oxygen atoms in total. The first kappa shape index (κ1) is 23.8. The molecule has 1 atom stereocenters. The van der Waals surface area contributed by atoms with Gasteiger partial charge in [-0.2, -0.15) is 13.2 Å². The summed E-state index contributed by atoms with van der Waals surface area (Å²) in [6.45, 7) is 4.50. The van der Waals surface area contributed by atoms with Crippen LogP contribution in [0, 0.1) is 6.92 Å². The molecule has 0 unspecified atom stereocenters. The summed E-state index contributed by atoms with van der Waals surface area (Å²) in [6.07, 6.45) is -3.21. The minimum atomic E-state index is -4.52. The van der Waals surface area contributed by atoms with E-state index in [0.717, 1.165) is 12.1 Å². The predicted molar refractivity (Wildman–Crippen MR) is 122 cm³/mol. The van der Waals surface area contributed by atoms with Crippen molar-refractivity contribution in [2.45, 2.75) is 45.0 Å². The van der Waals surface area contributed by atoms with E-state index in [0.29, 0.717) is 54.5 Å². The number of hydrogen-bond donors (Lipinski definition) is 2. The number of ether oxygens (including phenoxy) is 2. The van der Waals surface area contributed by atoms with Crippen molar-refractivity contribution in [3.8, 4) is 5.88 Å². The van der Waals surface area contributed by atoms with Gasteiger partial charge in [-0.3, -0.25) is 9.36 Å². The Bertz CT molecular complexity index is 1270. The molecule has 182 valence electrons. The summed E-state index contributed by atoms with van der Waals surface area (Å²) in [5.74, 6) is 1.03. The molecule has 4 rings (SSSR count). The number of benzene rings is 1. The Morgan fingerprint density at radius 3 is 2.59 bits per heavy atom. The van der Waals surface area contributed by atoms with Crippen LogP contribution in [-0.4, -0.2) is 33.9 Å². The molecule has 1 saturated heterocycles. The molecule has 0 radical (unpaired) electrons. The van der Waals surface area contributed by atoms with Crippen molar-refractivity contribution in [3.05, 3.63) is 51.6 Å². The average molecular weight is 477 g/mol. The molecule has 0 aliphatic carbocycles. The van der Waals surface area contributed by atoms with Crippen molar-refractivity contribution in [1.29, 1.82) is 0 Å². The molecule has 0 amide bonds. The molecular weight excluding hydrogens is 451 g/mol. The molecule has 11 heteroatoms. The number of nitrogens with zero attached hydrogens (tertiary/aromatic N) is 3. The SMILES string of the molecule is Cc1nc(N[C@H](C)c2cc(N)cc(C(F)(F)F)c2)c2cc(OC3CCOCC3)n(C)c(=O)c2n1. The maximum absolute atomic E-state index is 13.3. The van der Waals surface area contributed by atoms with Crippen LogP contribution >= 0.6 is 0 Å². The molecule has 1 aliphatic heterocycles. The zero-order valence-corrected chi connectivity index (χ0v) is 19.1. The summed E-state index contributed by atoms with van der Waals surface area (Å²) in [6, 6.07) is 4.50. The lowest BCUT2D eigenvalue weighted by molar-refractivity contribution is -0.137. The lowest BCUT2D eigenvalue weighted by Gasteiger charge is -2.24. The number of nitrogen functional groups attached to an aromatic ring is 1. The van der Waals surface area contributed by atoms with Crippen LogP contribution in [0.3, 0.4) is 0 Å². The van der Waals surface area contributed by atoms with E-state index in [9.17, 15) is 18.0 Å². The second-order valence-electron chi connectivity index (χ2n) is 8.41. The topological polar surface area (TPSA) is 104 Å². The largest absolute Gasteiger partial charge is 0.475 e. The van der Waals surface area contributed by atoms with Crippen LogP contribution in [0.25, 0.3) is 10.9 Å². The van der Waals surface area contributed by atoms with Crippen LogP contribution in [-0.2, 0) is 18.0 Å². The third kappa shape index (κ3) is 4.93. The van der Waals surface area contributed by atoms with E-state index in [1.54, 1.807) is 27.0 Å². The highest BCUT2D eigenvalue weighted by molar-refractivity contribution is 5.89. The number of halogens is 3. The first-order valence-electron chi connectivity index (χ1n) is 10.9. The predicted octanol–water partition coefficient (Wildman–Crippen LogP) is 3.97. The molecule has 1 fully saturated rings. The number of nitrogens with one attached hydrogen (secondary N) is 1. The molecule has 0 spiro atoms. The summed E-state index contributed by atoms with van der Waals surface area (Å²) >= 11 is 0. The van der Waals surface area contributed by atoms with Crippen LogP contribution in [0.2, 0.25) is 0 Å². The quantitative estimate of drug-likeness (QED) is 0.536. The normalized spacial score (nSPS) is 15.9. The fourth-order valence-electron chi connectivity index (χ4n) is 3.93. The monoisotopic (exact) mass is 477 g/mol. The van der Waals surface area contributed by atoms with Gasteiger partial charge in [-0.25, -0.2) is 9.97 Å². The highest BCUT2D eigenvalue weighted by Gasteiger charge is 2.31. The van der Waals surface area contributed by atoms with Crippen LogP contribution in [0.5, 0.6) is 5.88 Å². The van der Waals surface area contributed by atoms with Gasteiger partial charge < -0.3 is 20.5 Å². The van der Waals surface area contributed by atoms with E-state index in [-0.39, 0.29) is 22.9 Å². The highest BCUT2D eigenvalue weighted by atomic mass is 19.4. The Labute approximate surface area is 193 Å². The summed E-state index contributed by atoms with van der Waals surface area (Å²) in [7, 11) is 1.61. The maximum Gasteiger partial charge on any atom is 0.416 e. The number of anilines is 2. The van der Waals surface area contributed by atoms with Gasteiger partial charge in [0.1, 0.15) is 23.3 Å². The smallest absolute Gasteiger partial charge is 0.416 e. The maximum atomic E-state index is 13.3. The molecule has 2 aromatic heterocycles. The van der Waals surface area contributed by atoms with Crippen molar-refractivity contribution in [1.82, 2.24) is 14.5 Å². The first-order valence-corrected chi connectivity index (χ1v) is 10.9. The minimum absolute atomic E-state index is 0.00298. The van der Waals surface area contributed by atoms with E-state index in [1.165, 1.54) is 10.6 Å². The van der Waals surface area contributed by atoms with Gasteiger partial charge in [-0.05, 0) is 37.6 Å². The van der Waals surface area contributed by atoms with Crippen molar-refractivity contribution in [2.24, 2.45) is 7.05 Å². The number of alkyl halides is 3. The standard InChI is InChI=1S/C23H26F3N5O3/c1-12(14-8-15(23(24,25)26)10-16(27)9-14)28-21-18-11-19(34-17-4-6-33-7-5-17)31(3)22(32)20(18)29-13(2)30-21/h8-12,17H,4-7,27H2,1-3H3,(H,28,29,30)/t12-/m1/s1. The summed E-state index contributed by atoms with van der Waals surface area (Å²) in [5.41, 5.74) is 5.06. The van der Waals surface area contributed by atoms with Crippen molar-refractivity contribution in [2.75, 3.05) is 24.3 Å². The second-order valence-corrected chi connectivity index (χ2v) is 8.41. The van der Waals surface area contributed by atoms with Gasteiger partial charge in [0.05, 0.1) is 30.2 Å². The summed E-state index contributed by atoms with van der Waals surface area (Å²) in [5, 5.41) is 3.55. The van der Waals surface area contributed by atoms with Crippen LogP contribution < -0.4 is 21.3 Å². The number of aromatic nitrogens is 3. The number of aryl methyl sites for hydroxylation is 1. The Morgan fingerprint density at radius 1 is 1.21 bits per heavy atom. The van der Waals surface area contributed by atoms with Gasteiger partial charge in [0.2, 0.25) is 0 Å². The van der Waals surface area contributed by atoms with E-state index in [4.69, 9.17) is 15.2 Å². The highest BCUT2D eigenvalue weighted by Crippen LogP contribution is 2.34. The third-order valence-corrected chi connectivity index (χ3v) is 5.78. The molecule has 0 saturated carbocycles. The van der Waals surface area contributed by atoms with Gasteiger partial charge >= 0.3 is 6.18 Å². The minimum Gasteiger partial charge on any atom is -0.475 e. The molecule has 3 N–H and O–H groups in total. The number of nitrogens with two attached hydrogens (primary N) is 1. The zero-order valence-electron chi connectivity index (χ0n) is 19.1. The Balaban J connectivity index is 1.73. The lowest BCUT2D eigenvalue weighted by atomic mass is 10.0. The summed E-state index contributed by atoms with van der Waals surface area (Å²) < 4.78 is 52.6. The Morgan fingerprint density at radius 2 is 1.91 bits per heavy atom. The first-order chi connectivity index (χ1) is 16.0. The van der Waals surface area contributed by atoms with Gasteiger partial charge in [-0.15, -0.1) is 0 Å². The number of fused-ring (bicyclic) bond motifs is 1. The van der Waals surface area contributed by atoms with Crippen molar-refractivity contribution < 1.29 is 22.6 Å². The van der Waals surface area contributed by atoms with Crippen LogP contribution in [0.15, 0.2) is 29.1 Å². The molecule has 0 bridgehead atoms. The second kappa shape index (κ2) is 9.13. The Kier molecular flexibility index (Phi) is 6.39. The van der Waals surface area contributed by atoms with Gasteiger partial charge in [0, 0.05) is 31.6 Å². The van der Waals surface area contributed by atoms with Gasteiger partial charge in [0.25, 0.3) is 5.56 Å². The van der Waals surface area contributed by atoms with Crippen molar-refractivity contribution >= 4 is 22.4 Å². The Hall–Kier alpha value is -3.34. The fraction of sp³-hybridized carbons (Fsp3) is 0.435. The molecule has 1 aromatic carbocycles. The molecule has 34 heavy (non-hydrogen) atoms. The number of pyridine rings is 1. The van der Waals surface area contributed by atoms with Gasteiger partial charge in [-0.1, -0.05) is 0 Å². The third-order valence-electron chi connectivity index (χ3n) is 5.78. The van der Waals surface area contributed by atoms with Crippen LogP contribution in [0.1, 0.15) is 42.8 Å². The fourth-order valence-corrected chi connectivity index (χ4v) is 3.93. The number of hydrogen-bond acceptors (Lipinski definition) is 7. The van der Waals surface area contributed by atoms with E-state index >= 15 is 0 Å². The van der Waals surface area contributed by atoms with Crippen molar-refractivity contribution in [3.63, 3.8) is 0 Å². The van der Waals surface area contributed by atoms with Crippen LogP contribution in [0.4, 0.5) is 24.7 Å². The average Bonchev–Trinajstić information content (AvgIpc) is 2.77. The lowest BCUT2D eigenvalue weighted by Crippen LogP contribution is -2.29. The molecule has 1 aliphatic rings. The molecule has 3 aromatic rings. The zero-order chi connectivity index (χ0) is 24.6. The van der Waals surface area contributed by atoms with E-state index < -0.39 is 17.8 Å². The molecule has 3 heterocycles. The van der Waals surface area contributed by atoms with E-state index in [2.05, 4.69) is 15.3 Å². The summed E-state index contributed by atoms with van der Waals surface area (Å²) in [4.78, 5) is 21.8. The van der Waals surface area contributed by atoms with E-state index in [1.807, 2.05) is 0 Å². The number of rotatable bonds is 5.